The Kier molecular flexibility index (Phi) is 5.81. The molecule has 0 bridgehead atoms. The summed E-state index contributed by atoms with van der Waals surface area (Å²) in [5.41, 5.74) is 3.78. The maximum absolute atomic E-state index is 13.0. The molecular formula is C21H26N8OS. The van der Waals surface area contributed by atoms with E-state index >= 15 is 0 Å². The van der Waals surface area contributed by atoms with E-state index in [9.17, 15) is 4.79 Å². The van der Waals surface area contributed by atoms with Crippen molar-refractivity contribution in [2.75, 3.05) is 11.9 Å². The lowest BCUT2D eigenvalue weighted by Crippen LogP contribution is -2.29. The fourth-order valence-corrected chi connectivity index (χ4v) is 4.50. The fraction of sp³-hybridized carbons (Fsp3) is 0.429. The highest BCUT2D eigenvalue weighted by atomic mass is 32.1. The normalized spacial score (nSPS) is 16.4. The molecule has 0 aliphatic carbocycles. The number of anilines is 2. The molecule has 3 aromatic heterocycles. The van der Waals surface area contributed by atoms with Crippen LogP contribution in [0.1, 0.15) is 52.4 Å². The van der Waals surface area contributed by atoms with E-state index in [2.05, 4.69) is 30.6 Å². The van der Waals surface area contributed by atoms with Crippen molar-refractivity contribution >= 4 is 34.3 Å². The summed E-state index contributed by atoms with van der Waals surface area (Å²) < 4.78 is 1.83. The van der Waals surface area contributed by atoms with Crippen molar-refractivity contribution in [2.45, 2.75) is 46.6 Å². The van der Waals surface area contributed by atoms with Gasteiger partial charge in [-0.15, -0.1) is 10.2 Å². The third-order valence-electron chi connectivity index (χ3n) is 5.45. The quantitative estimate of drug-likeness (QED) is 0.609. The van der Waals surface area contributed by atoms with E-state index in [1.807, 2.05) is 56.5 Å². The Morgan fingerprint density at radius 3 is 2.71 bits per heavy atom. The molecular weight excluding hydrogens is 412 g/mol. The van der Waals surface area contributed by atoms with Crippen molar-refractivity contribution in [3.63, 3.8) is 0 Å². The molecule has 1 atom stereocenters. The molecule has 1 aliphatic rings. The highest BCUT2D eigenvalue weighted by Crippen LogP contribution is 2.32. The molecule has 3 aromatic rings. The highest BCUT2D eigenvalue weighted by molar-refractivity contribution is 7.15. The zero-order valence-electron chi connectivity index (χ0n) is 18.4. The zero-order chi connectivity index (χ0) is 22.1. The second kappa shape index (κ2) is 8.54. The van der Waals surface area contributed by atoms with Gasteiger partial charge in [0, 0.05) is 37.0 Å². The number of nitrogens with one attached hydrogen (secondary N) is 1. The van der Waals surface area contributed by atoms with Gasteiger partial charge in [-0.2, -0.15) is 5.10 Å². The van der Waals surface area contributed by atoms with Gasteiger partial charge in [0.05, 0.1) is 17.4 Å². The van der Waals surface area contributed by atoms with Crippen molar-refractivity contribution < 1.29 is 4.79 Å². The Labute approximate surface area is 185 Å². The highest BCUT2D eigenvalue weighted by Gasteiger charge is 2.30. The molecule has 0 radical (unpaired) electrons. The molecule has 0 unspecified atom stereocenters. The second-order valence-corrected chi connectivity index (χ2v) is 8.89. The van der Waals surface area contributed by atoms with Gasteiger partial charge in [0.25, 0.3) is 0 Å². The van der Waals surface area contributed by atoms with Gasteiger partial charge in [0.2, 0.25) is 11.0 Å². The summed E-state index contributed by atoms with van der Waals surface area (Å²) in [6.45, 7) is 8.42. The number of amides is 1. The van der Waals surface area contributed by atoms with Gasteiger partial charge >= 0.3 is 0 Å². The van der Waals surface area contributed by atoms with Gasteiger partial charge in [-0.25, -0.2) is 9.97 Å². The first-order valence-corrected chi connectivity index (χ1v) is 11.0. The number of carbonyl (C=O) groups is 1. The van der Waals surface area contributed by atoms with E-state index in [-0.39, 0.29) is 11.9 Å². The van der Waals surface area contributed by atoms with Crippen LogP contribution in [0.25, 0.3) is 6.08 Å². The SMILES string of the molecule is Cc1nc(Nc2nnc(C)s2)cc([C@@H]2CCCN2C(=O)/C=C/c2c(C)nn(C)c2C)n1. The number of likely N-dealkylation sites (tertiary alicyclic amines) is 1. The second-order valence-electron chi connectivity index (χ2n) is 7.71. The molecule has 0 saturated carbocycles. The van der Waals surface area contributed by atoms with Gasteiger partial charge in [-0.05, 0) is 46.6 Å². The van der Waals surface area contributed by atoms with Gasteiger partial charge in [-0.1, -0.05) is 11.3 Å². The van der Waals surface area contributed by atoms with Crippen LogP contribution in [0.3, 0.4) is 0 Å². The van der Waals surface area contributed by atoms with Crippen LogP contribution in [0, 0.1) is 27.7 Å². The van der Waals surface area contributed by atoms with E-state index in [0.29, 0.717) is 23.3 Å². The third kappa shape index (κ3) is 4.48. The Hall–Kier alpha value is -3.14. The molecule has 4 heterocycles. The van der Waals surface area contributed by atoms with Gasteiger partial charge in [-0.3, -0.25) is 9.48 Å². The minimum Gasteiger partial charge on any atom is -0.331 e. The van der Waals surface area contributed by atoms with Crippen LogP contribution in [-0.4, -0.2) is 47.3 Å². The summed E-state index contributed by atoms with van der Waals surface area (Å²) in [5.74, 6) is 1.29. The van der Waals surface area contributed by atoms with E-state index < -0.39 is 0 Å². The molecule has 1 amide bonds. The molecule has 9 nitrogen and oxygen atoms in total. The first kappa shape index (κ1) is 21.1. The van der Waals surface area contributed by atoms with Crippen molar-refractivity contribution in [3.8, 4) is 0 Å². The molecule has 1 N–H and O–H groups in total. The lowest BCUT2D eigenvalue weighted by Gasteiger charge is -2.23. The van der Waals surface area contributed by atoms with Crippen LogP contribution >= 0.6 is 11.3 Å². The van der Waals surface area contributed by atoms with E-state index in [1.54, 1.807) is 6.08 Å². The van der Waals surface area contributed by atoms with Crippen LogP contribution in [0.15, 0.2) is 12.1 Å². The summed E-state index contributed by atoms with van der Waals surface area (Å²) in [6, 6.07) is 1.82. The summed E-state index contributed by atoms with van der Waals surface area (Å²) in [7, 11) is 1.91. The van der Waals surface area contributed by atoms with Crippen LogP contribution in [0.4, 0.5) is 10.9 Å². The van der Waals surface area contributed by atoms with Crippen LogP contribution in [0.5, 0.6) is 0 Å². The lowest BCUT2D eigenvalue weighted by molar-refractivity contribution is -0.126. The Morgan fingerprint density at radius 1 is 1.23 bits per heavy atom. The van der Waals surface area contributed by atoms with Crippen LogP contribution < -0.4 is 5.32 Å². The van der Waals surface area contributed by atoms with E-state index in [0.717, 1.165) is 40.5 Å². The molecule has 0 spiro atoms. The Morgan fingerprint density at radius 2 is 2.03 bits per heavy atom. The summed E-state index contributed by atoms with van der Waals surface area (Å²) >= 11 is 1.47. The van der Waals surface area contributed by atoms with Crippen LogP contribution in [-0.2, 0) is 11.8 Å². The summed E-state index contributed by atoms with van der Waals surface area (Å²) in [6.07, 6.45) is 5.33. The molecule has 31 heavy (non-hydrogen) atoms. The number of carbonyl (C=O) groups excluding carboxylic acids is 1. The first-order valence-electron chi connectivity index (χ1n) is 10.2. The molecule has 1 saturated heterocycles. The monoisotopic (exact) mass is 438 g/mol. The molecule has 0 aromatic carbocycles. The average molecular weight is 439 g/mol. The van der Waals surface area contributed by atoms with Gasteiger partial charge in [0.1, 0.15) is 16.6 Å². The van der Waals surface area contributed by atoms with Crippen LogP contribution in [0.2, 0.25) is 0 Å². The number of rotatable bonds is 5. The predicted molar refractivity (Wildman–Crippen MR) is 120 cm³/mol. The number of hydrogen-bond acceptors (Lipinski definition) is 8. The van der Waals surface area contributed by atoms with E-state index in [1.165, 1.54) is 11.3 Å². The number of aromatic nitrogens is 6. The van der Waals surface area contributed by atoms with Gasteiger partial charge in [0.15, 0.2) is 0 Å². The summed E-state index contributed by atoms with van der Waals surface area (Å²) in [5, 5.41) is 17.3. The smallest absolute Gasteiger partial charge is 0.247 e. The zero-order valence-corrected chi connectivity index (χ0v) is 19.2. The molecule has 10 heteroatoms. The van der Waals surface area contributed by atoms with Gasteiger partial charge < -0.3 is 10.2 Å². The lowest BCUT2D eigenvalue weighted by atomic mass is 10.1. The van der Waals surface area contributed by atoms with E-state index in [4.69, 9.17) is 0 Å². The third-order valence-corrected chi connectivity index (χ3v) is 6.21. The molecule has 4 rings (SSSR count). The first-order chi connectivity index (χ1) is 14.8. The van der Waals surface area contributed by atoms with Crippen molar-refractivity contribution in [1.29, 1.82) is 0 Å². The maximum atomic E-state index is 13.0. The average Bonchev–Trinajstić information content (AvgIpc) is 3.41. The van der Waals surface area contributed by atoms with Crippen molar-refractivity contribution in [1.82, 2.24) is 34.8 Å². The fourth-order valence-electron chi connectivity index (χ4n) is 3.90. The minimum atomic E-state index is -0.0772. The number of nitrogens with zero attached hydrogens (tertiary/aromatic N) is 7. The topological polar surface area (TPSA) is 102 Å². The predicted octanol–water partition coefficient (Wildman–Crippen LogP) is 3.42. The minimum absolute atomic E-state index is 0.0179. The largest absolute Gasteiger partial charge is 0.331 e. The summed E-state index contributed by atoms with van der Waals surface area (Å²) in [4.78, 5) is 24.0. The Bertz CT molecular complexity index is 1150. The maximum Gasteiger partial charge on any atom is 0.247 e. The Balaban J connectivity index is 1.55. The number of hydrogen-bond donors (Lipinski definition) is 1. The molecule has 1 fully saturated rings. The van der Waals surface area contributed by atoms with Crippen molar-refractivity contribution in [3.05, 3.63) is 45.6 Å². The molecule has 1 aliphatic heterocycles. The van der Waals surface area contributed by atoms with Crippen molar-refractivity contribution in [2.24, 2.45) is 7.05 Å². The number of aryl methyl sites for hydroxylation is 4. The standard InChI is InChI=1S/C21H26N8OS/c1-12-16(13(2)28(5)27-12)8-9-20(30)29-10-6-7-18(29)17-11-19(23-14(3)22-17)24-21-26-25-15(4)31-21/h8-9,11,18H,6-7,10H2,1-5H3,(H,22,23,24,26)/b9-8+/t18-/m0/s1. The molecule has 162 valence electrons.